The van der Waals surface area contributed by atoms with Gasteiger partial charge in [0.15, 0.2) is 0 Å². The second kappa shape index (κ2) is 6.02. The van der Waals surface area contributed by atoms with Gasteiger partial charge in [0, 0.05) is 0 Å². The first-order valence-electron chi connectivity index (χ1n) is 1.40. The van der Waals surface area contributed by atoms with E-state index in [2.05, 4.69) is 11.5 Å². The third kappa shape index (κ3) is 83.8. The Labute approximate surface area is 46.0 Å². The van der Waals surface area contributed by atoms with Crippen molar-refractivity contribution >= 4 is 15.3 Å². The van der Waals surface area contributed by atoms with E-state index >= 15 is 0 Å². The van der Waals surface area contributed by atoms with Crippen LogP contribution in [0.4, 0.5) is 8.90 Å². The second-order valence-electron chi connectivity index (χ2n) is 0.655. The minimum absolute atomic E-state index is 0.833. The van der Waals surface area contributed by atoms with Crippen molar-refractivity contribution in [2.24, 2.45) is 11.5 Å². The zero-order valence-electron chi connectivity index (χ0n) is 3.80. The van der Waals surface area contributed by atoms with E-state index in [0.717, 1.165) is 0 Å². The first-order chi connectivity index (χ1) is 3.46. The molecule has 7 heteroatoms. The maximum Gasteiger partial charge on any atom is 0.734 e. The SMILES string of the molecule is NC(N)=O.O=[Si](O)F. The van der Waals surface area contributed by atoms with Gasteiger partial charge in [-0.2, -0.15) is 4.11 Å². The normalized spacial score (nSPS) is 6.12. The molecule has 0 spiro atoms. The van der Waals surface area contributed by atoms with Gasteiger partial charge in [0.2, 0.25) is 0 Å². The van der Waals surface area contributed by atoms with E-state index in [1.807, 2.05) is 0 Å². The summed E-state index contributed by atoms with van der Waals surface area (Å²) in [4.78, 5) is 15.9. The Morgan fingerprint density at radius 3 is 1.62 bits per heavy atom. The van der Waals surface area contributed by atoms with Crippen molar-refractivity contribution in [3.05, 3.63) is 0 Å². The molecule has 0 atom stereocenters. The summed E-state index contributed by atoms with van der Waals surface area (Å²) in [6, 6.07) is -0.833. The van der Waals surface area contributed by atoms with Crippen molar-refractivity contribution < 1.29 is 18.2 Å². The molecule has 0 fully saturated rings. The molecule has 5 N–H and O–H groups in total. The predicted octanol–water partition coefficient (Wildman–Crippen LogP) is -1.61. The van der Waals surface area contributed by atoms with Crippen LogP contribution < -0.4 is 11.5 Å². The quantitative estimate of drug-likeness (QED) is 0.278. The van der Waals surface area contributed by atoms with Crippen LogP contribution in [-0.2, 0) is 4.46 Å². The van der Waals surface area contributed by atoms with Crippen molar-refractivity contribution in [3.8, 4) is 0 Å². The lowest BCUT2D eigenvalue weighted by Crippen LogP contribution is -2.18. The molecule has 0 heterocycles. The lowest BCUT2D eigenvalue weighted by atomic mass is 11.2. The fourth-order valence-electron chi connectivity index (χ4n) is 0. The Balaban J connectivity index is 0. The van der Waals surface area contributed by atoms with Crippen molar-refractivity contribution in [2.45, 2.75) is 0 Å². The molecule has 0 radical (unpaired) electrons. The van der Waals surface area contributed by atoms with Crippen molar-refractivity contribution in [1.82, 2.24) is 0 Å². The second-order valence-corrected chi connectivity index (χ2v) is 1.16. The number of halogens is 1. The van der Waals surface area contributed by atoms with Crippen LogP contribution in [0.25, 0.3) is 0 Å². The Kier molecular flexibility index (Phi) is 7.59. The molecule has 0 aliphatic heterocycles. The molecule has 0 aromatic heterocycles. The van der Waals surface area contributed by atoms with Gasteiger partial charge in [-0.25, -0.2) is 4.79 Å². The zero-order chi connectivity index (χ0) is 7.15. The average molecular weight is 140 g/mol. The van der Waals surface area contributed by atoms with Crippen LogP contribution in [0, 0.1) is 0 Å². The molecule has 0 saturated heterocycles. The summed E-state index contributed by atoms with van der Waals surface area (Å²) in [6.07, 6.45) is 0. The summed E-state index contributed by atoms with van der Waals surface area (Å²) in [5.41, 5.74) is 8.50. The van der Waals surface area contributed by atoms with Gasteiger partial charge in [0.1, 0.15) is 0 Å². The standard InChI is InChI=1S/CH4N2O.FHO2Si/c2-1(3)4;1-4(2)3/h(H4,2,3,4);2H. The first kappa shape index (κ1) is 10.1. The van der Waals surface area contributed by atoms with Gasteiger partial charge >= 0.3 is 15.3 Å². The average Bonchev–Trinajstić information content (AvgIpc) is 1.25. The third-order valence-corrected chi connectivity index (χ3v) is 0. The summed E-state index contributed by atoms with van der Waals surface area (Å²) in [6.45, 7) is 0. The topological polar surface area (TPSA) is 106 Å². The molecule has 0 bridgehead atoms. The molecular formula is CH5FN2O3Si. The highest BCUT2D eigenvalue weighted by atomic mass is 28.3. The minimum Gasteiger partial charge on any atom is -0.517 e. The number of rotatable bonds is 0. The lowest BCUT2D eigenvalue weighted by Gasteiger charge is -1.62. The van der Waals surface area contributed by atoms with Crippen LogP contribution >= 0.6 is 0 Å². The molecule has 0 saturated carbocycles. The number of carbonyl (C=O) groups excluding carboxylic acids is 1. The van der Waals surface area contributed by atoms with Gasteiger partial charge in [-0.1, -0.05) is 0 Å². The van der Waals surface area contributed by atoms with Gasteiger partial charge in [0.25, 0.3) is 0 Å². The third-order valence-electron chi connectivity index (χ3n) is 0. The monoisotopic (exact) mass is 140 g/mol. The van der Waals surface area contributed by atoms with Gasteiger partial charge in [-0.3, -0.25) is 4.46 Å². The molecule has 48 valence electrons. The van der Waals surface area contributed by atoms with Crippen LogP contribution in [-0.4, -0.2) is 20.1 Å². The molecule has 0 aliphatic rings. The molecule has 0 unspecified atom stereocenters. The van der Waals surface area contributed by atoms with E-state index in [-0.39, 0.29) is 0 Å². The van der Waals surface area contributed by atoms with E-state index in [9.17, 15) is 4.11 Å². The smallest absolute Gasteiger partial charge is 0.517 e. The van der Waals surface area contributed by atoms with Gasteiger partial charge in [0.05, 0.1) is 0 Å². The molecule has 0 aliphatic carbocycles. The summed E-state index contributed by atoms with van der Waals surface area (Å²) in [5.74, 6) is 0. The zero-order valence-corrected chi connectivity index (χ0v) is 4.80. The number of urea groups is 1. The van der Waals surface area contributed by atoms with Crippen LogP contribution in [0.3, 0.4) is 0 Å². The van der Waals surface area contributed by atoms with E-state index in [1.54, 1.807) is 0 Å². The highest BCUT2D eigenvalue weighted by Gasteiger charge is 1.87. The number of amides is 2. The predicted molar refractivity (Wildman–Crippen MR) is 23.5 cm³/mol. The number of nitrogens with two attached hydrogens (primary N) is 2. The van der Waals surface area contributed by atoms with Crippen molar-refractivity contribution in [3.63, 3.8) is 0 Å². The number of hydrogen-bond donors (Lipinski definition) is 3. The first-order valence-corrected chi connectivity index (χ1v) is 2.63. The Bertz CT molecular complexity index is 75.3. The fraction of sp³-hybridized carbons (Fsp3) is 0. The highest BCUT2D eigenvalue weighted by Crippen LogP contribution is 1.46. The number of primary amides is 2. The minimum atomic E-state index is -3.63. The molecule has 8 heavy (non-hydrogen) atoms. The van der Waals surface area contributed by atoms with E-state index in [4.69, 9.17) is 14.1 Å². The molecule has 5 nitrogen and oxygen atoms in total. The summed E-state index contributed by atoms with van der Waals surface area (Å²) >= 11 is 0. The van der Waals surface area contributed by atoms with Crippen LogP contribution in [0.1, 0.15) is 0 Å². The van der Waals surface area contributed by atoms with E-state index in [1.165, 1.54) is 0 Å². The fourth-order valence-corrected chi connectivity index (χ4v) is 0. The largest absolute Gasteiger partial charge is 0.734 e. The van der Waals surface area contributed by atoms with E-state index in [0.29, 0.717) is 0 Å². The Morgan fingerprint density at radius 2 is 1.62 bits per heavy atom. The van der Waals surface area contributed by atoms with Gasteiger partial charge in [-0.05, 0) is 0 Å². The molecule has 0 rings (SSSR count). The molecular weight excluding hydrogens is 135 g/mol. The Hall–Kier alpha value is -0.983. The number of hydrogen-bond acceptors (Lipinski definition) is 2. The van der Waals surface area contributed by atoms with Crippen LogP contribution in [0.5, 0.6) is 0 Å². The number of carbonyl (C=O) groups is 1. The van der Waals surface area contributed by atoms with Crippen molar-refractivity contribution in [1.29, 1.82) is 0 Å². The summed E-state index contributed by atoms with van der Waals surface area (Å²) < 4.78 is 18.6. The van der Waals surface area contributed by atoms with Gasteiger partial charge < -0.3 is 16.3 Å². The van der Waals surface area contributed by atoms with Gasteiger partial charge in [-0.15, -0.1) is 0 Å². The summed E-state index contributed by atoms with van der Waals surface area (Å²) in [5, 5.41) is 0. The highest BCUT2D eigenvalue weighted by molar-refractivity contribution is 6.23. The molecule has 2 amide bonds. The Morgan fingerprint density at radius 1 is 1.62 bits per heavy atom. The lowest BCUT2D eigenvalue weighted by molar-refractivity contribution is 0.256. The maximum absolute atomic E-state index is 10.1. The maximum atomic E-state index is 10.1. The molecule has 0 aromatic rings. The van der Waals surface area contributed by atoms with E-state index < -0.39 is 15.3 Å². The van der Waals surface area contributed by atoms with Crippen LogP contribution in [0.15, 0.2) is 0 Å². The molecule has 0 aromatic carbocycles. The van der Waals surface area contributed by atoms with Crippen molar-refractivity contribution in [2.75, 3.05) is 0 Å². The van der Waals surface area contributed by atoms with Crippen LogP contribution in [0.2, 0.25) is 0 Å². The summed E-state index contributed by atoms with van der Waals surface area (Å²) in [7, 11) is -3.63.